The molecule has 2 rings (SSSR count). The van der Waals surface area contributed by atoms with Crippen LogP contribution in [0.2, 0.25) is 0 Å². The summed E-state index contributed by atoms with van der Waals surface area (Å²) in [7, 11) is 3.10. The molecule has 2 aromatic carbocycles. The van der Waals surface area contributed by atoms with Crippen molar-refractivity contribution in [1.29, 1.82) is 0 Å². The summed E-state index contributed by atoms with van der Waals surface area (Å²) in [6.07, 6.45) is 3.16. The van der Waals surface area contributed by atoms with E-state index in [-0.39, 0.29) is 17.6 Å². The summed E-state index contributed by atoms with van der Waals surface area (Å²) in [5.41, 5.74) is 1.21. The second kappa shape index (κ2) is 12.0. The molecule has 2 amide bonds. The van der Waals surface area contributed by atoms with Crippen LogP contribution in [0.25, 0.3) is 0 Å². The average molecular weight is 417 g/mol. The fourth-order valence-corrected chi connectivity index (χ4v) is 3.56. The molecule has 0 unspecified atom stereocenters. The Morgan fingerprint density at radius 2 is 1.76 bits per heavy atom. The van der Waals surface area contributed by atoms with Crippen molar-refractivity contribution in [3.63, 3.8) is 0 Å². The number of rotatable bonds is 11. The van der Waals surface area contributed by atoms with Gasteiger partial charge in [-0.3, -0.25) is 9.59 Å². The van der Waals surface area contributed by atoms with Gasteiger partial charge in [0.25, 0.3) is 5.91 Å². The molecule has 0 aromatic heterocycles. The predicted molar refractivity (Wildman–Crippen MR) is 117 cm³/mol. The van der Waals surface area contributed by atoms with Gasteiger partial charge in [-0.25, -0.2) is 0 Å². The van der Waals surface area contributed by atoms with E-state index in [1.165, 1.54) is 11.8 Å². The Bertz CT molecular complexity index is 826. The first kappa shape index (κ1) is 22.6. The summed E-state index contributed by atoms with van der Waals surface area (Å²) >= 11 is 1.34. The molecule has 2 N–H and O–H groups in total. The molecule has 0 fully saturated rings. The fraction of sp³-hybridized carbons (Fsp3) is 0.364. The molecule has 0 aliphatic rings. The Labute approximate surface area is 176 Å². The van der Waals surface area contributed by atoms with Crippen molar-refractivity contribution in [1.82, 2.24) is 5.32 Å². The van der Waals surface area contributed by atoms with Gasteiger partial charge in [0, 0.05) is 23.2 Å². The first-order chi connectivity index (χ1) is 14.1. The van der Waals surface area contributed by atoms with E-state index >= 15 is 0 Å². The van der Waals surface area contributed by atoms with Gasteiger partial charge in [-0.2, -0.15) is 0 Å². The molecule has 156 valence electrons. The highest BCUT2D eigenvalue weighted by Crippen LogP contribution is 2.30. The van der Waals surface area contributed by atoms with Gasteiger partial charge in [-0.15, -0.1) is 11.8 Å². The van der Waals surface area contributed by atoms with Gasteiger partial charge in [0.05, 0.1) is 25.5 Å². The number of methoxy groups -OCH3 is 2. The molecule has 6 nitrogen and oxygen atoms in total. The number of hydrogen-bond donors (Lipinski definition) is 2. The third kappa shape index (κ3) is 7.02. The lowest BCUT2D eigenvalue weighted by Crippen LogP contribution is -2.25. The molecule has 0 saturated heterocycles. The molecule has 0 atom stereocenters. The number of hydrogen-bond acceptors (Lipinski definition) is 5. The van der Waals surface area contributed by atoms with E-state index in [0.717, 1.165) is 24.2 Å². The van der Waals surface area contributed by atoms with Gasteiger partial charge in [-0.1, -0.05) is 31.9 Å². The molecule has 7 heteroatoms. The third-order valence-corrected chi connectivity index (χ3v) is 5.30. The van der Waals surface area contributed by atoms with Gasteiger partial charge in [-0.05, 0) is 30.7 Å². The number of carbonyl (C=O) groups is 2. The number of nitrogens with one attached hydrogen (secondary N) is 2. The molecule has 0 radical (unpaired) electrons. The number of amides is 2. The fourth-order valence-electron chi connectivity index (χ4n) is 2.71. The lowest BCUT2D eigenvalue weighted by Gasteiger charge is -2.12. The standard InChI is InChI=1S/C22H28N2O4S/c1-4-5-8-13-23-22(26)17-9-6-7-10-20(17)29-15-21(25)24-16-11-12-18(27-2)19(14-16)28-3/h6-7,9-12,14H,4-5,8,13,15H2,1-3H3,(H,23,26)(H,24,25). The SMILES string of the molecule is CCCCCNC(=O)c1ccccc1SCC(=O)Nc1ccc(OC)c(OC)c1. The second-order valence-corrected chi connectivity index (χ2v) is 7.38. The number of benzene rings is 2. The molecule has 0 heterocycles. The lowest BCUT2D eigenvalue weighted by atomic mass is 10.2. The average Bonchev–Trinajstić information content (AvgIpc) is 2.75. The van der Waals surface area contributed by atoms with Gasteiger partial charge in [0.2, 0.25) is 5.91 Å². The molecular formula is C22H28N2O4S. The summed E-state index contributed by atoms with van der Waals surface area (Å²) in [6, 6.07) is 12.5. The van der Waals surface area contributed by atoms with Gasteiger partial charge in [0.1, 0.15) is 0 Å². The maximum absolute atomic E-state index is 12.4. The Morgan fingerprint density at radius 3 is 2.48 bits per heavy atom. The minimum absolute atomic E-state index is 0.107. The first-order valence-corrected chi connectivity index (χ1v) is 10.6. The van der Waals surface area contributed by atoms with Crippen molar-refractivity contribution < 1.29 is 19.1 Å². The Kier molecular flexibility index (Phi) is 9.37. The van der Waals surface area contributed by atoms with Gasteiger partial charge < -0.3 is 20.1 Å². The van der Waals surface area contributed by atoms with E-state index < -0.39 is 0 Å². The number of thioether (sulfide) groups is 1. The van der Waals surface area contributed by atoms with Crippen LogP contribution in [0.4, 0.5) is 5.69 Å². The van der Waals surface area contributed by atoms with Crippen molar-refractivity contribution in [2.24, 2.45) is 0 Å². The Hall–Kier alpha value is -2.67. The molecule has 2 aromatic rings. The first-order valence-electron chi connectivity index (χ1n) is 9.61. The molecule has 0 spiro atoms. The van der Waals surface area contributed by atoms with Crippen LogP contribution < -0.4 is 20.1 Å². The molecule has 0 aliphatic carbocycles. The van der Waals surface area contributed by atoms with Crippen LogP contribution in [0.3, 0.4) is 0 Å². The predicted octanol–water partition coefficient (Wildman–Crippen LogP) is 4.35. The molecule has 0 aliphatic heterocycles. The normalized spacial score (nSPS) is 10.3. The number of anilines is 1. The number of carbonyl (C=O) groups excluding carboxylic acids is 2. The van der Waals surface area contributed by atoms with Crippen LogP contribution in [-0.4, -0.2) is 38.3 Å². The zero-order chi connectivity index (χ0) is 21.1. The maximum atomic E-state index is 12.4. The monoisotopic (exact) mass is 416 g/mol. The van der Waals surface area contributed by atoms with Crippen molar-refractivity contribution in [3.8, 4) is 11.5 Å². The van der Waals surface area contributed by atoms with E-state index in [9.17, 15) is 9.59 Å². The summed E-state index contributed by atoms with van der Waals surface area (Å²) in [4.78, 5) is 25.6. The van der Waals surface area contributed by atoms with Crippen LogP contribution in [0.1, 0.15) is 36.5 Å². The van der Waals surface area contributed by atoms with Gasteiger partial charge in [0.15, 0.2) is 11.5 Å². The summed E-state index contributed by atoms with van der Waals surface area (Å²) < 4.78 is 10.5. The van der Waals surface area contributed by atoms with Crippen LogP contribution in [-0.2, 0) is 4.79 Å². The van der Waals surface area contributed by atoms with E-state index in [1.807, 2.05) is 18.2 Å². The molecular weight excluding hydrogens is 388 g/mol. The number of ether oxygens (including phenoxy) is 2. The Morgan fingerprint density at radius 1 is 1.00 bits per heavy atom. The minimum Gasteiger partial charge on any atom is -0.493 e. The highest BCUT2D eigenvalue weighted by molar-refractivity contribution is 8.00. The number of unbranched alkanes of at least 4 members (excludes halogenated alkanes) is 2. The third-order valence-electron chi connectivity index (χ3n) is 4.22. The zero-order valence-corrected chi connectivity index (χ0v) is 17.9. The highest BCUT2D eigenvalue weighted by Gasteiger charge is 2.13. The van der Waals surface area contributed by atoms with Crippen LogP contribution in [0, 0.1) is 0 Å². The van der Waals surface area contributed by atoms with E-state index in [4.69, 9.17) is 9.47 Å². The van der Waals surface area contributed by atoms with Crippen LogP contribution >= 0.6 is 11.8 Å². The summed E-state index contributed by atoms with van der Waals surface area (Å²) in [5.74, 6) is 1.06. The summed E-state index contributed by atoms with van der Waals surface area (Å²) in [5, 5.41) is 5.79. The highest BCUT2D eigenvalue weighted by atomic mass is 32.2. The van der Waals surface area contributed by atoms with E-state index in [1.54, 1.807) is 38.5 Å². The Balaban J connectivity index is 1.94. The minimum atomic E-state index is -0.166. The zero-order valence-electron chi connectivity index (χ0n) is 17.1. The smallest absolute Gasteiger partial charge is 0.252 e. The summed E-state index contributed by atoms with van der Waals surface area (Å²) in [6.45, 7) is 2.78. The lowest BCUT2D eigenvalue weighted by molar-refractivity contribution is -0.113. The molecule has 0 bridgehead atoms. The molecule has 0 saturated carbocycles. The molecule has 29 heavy (non-hydrogen) atoms. The van der Waals surface area contributed by atoms with Crippen molar-refractivity contribution in [2.45, 2.75) is 31.1 Å². The van der Waals surface area contributed by atoms with Crippen molar-refractivity contribution in [3.05, 3.63) is 48.0 Å². The van der Waals surface area contributed by atoms with E-state index in [2.05, 4.69) is 17.6 Å². The quantitative estimate of drug-likeness (QED) is 0.421. The van der Waals surface area contributed by atoms with Crippen LogP contribution in [0.5, 0.6) is 11.5 Å². The second-order valence-electron chi connectivity index (χ2n) is 6.37. The van der Waals surface area contributed by atoms with Gasteiger partial charge >= 0.3 is 0 Å². The topological polar surface area (TPSA) is 76.7 Å². The largest absolute Gasteiger partial charge is 0.493 e. The van der Waals surface area contributed by atoms with Crippen molar-refractivity contribution in [2.75, 3.05) is 31.8 Å². The van der Waals surface area contributed by atoms with Crippen molar-refractivity contribution >= 4 is 29.3 Å². The van der Waals surface area contributed by atoms with Crippen LogP contribution in [0.15, 0.2) is 47.4 Å². The van der Waals surface area contributed by atoms with E-state index in [0.29, 0.717) is 29.3 Å². The maximum Gasteiger partial charge on any atom is 0.252 e.